The van der Waals surface area contributed by atoms with E-state index in [0.29, 0.717) is 12.2 Å². The van der Waals surface area contributed by atoms with Gasteiger partial charge < -0.3 is 11.1 Å². The van der Waals surface area contributed by atoms with E-state index in [4.69, 9.17) is 5.73 Å². The van der Waals surface area contributed by atoms with Crippen LogP contribution in [0.25, 0.3) is 0 Å². The molecule has 0 aliphatic carbocycles. The second kappa shape index (κ2) is 5.97. The van der Waals surface area contributed by atoms with Crippen LogP contribution in [0.4, 0.5) is 11.4 Å². The third-order valence-electron chi connectivity index (χ3n) is 2.83. The Morgan fingerprint density at radius 3 is 2.47 bits per heavy atom. The fourth-order valence-electron chi connectivity index (χ4n) is 1.79. The molecule has 19 heavy (non-hydrogen) atoms. The Morgan fingerprint density at radius 2 is 1.84 bits per heavy atom. The zero-order chi connectivity index (χ0) is 13.7. The summed E-state index contributed by atoms with van der Waals surface area (Å²) in [5.41, 5.74) is 8.30. The smallest absolute Gasteiger partial charge is 0.271 e. The second-order valence-corrected chi connectivity index (χ2v) is 4.23. The second-order valence-electron chi connectivity index (χ2n) is 4.23. The van der Waals surface area contributed by atoms with Gasteiger partial charge in [-0.05, 0) is 17.2 Å². The number of nitrogens with two attached hydrogens (primary N) is 1. The number of nitrogens with zero attached hydrogens (tertiary/aromatic N) is 1. The number of rotatable bonds is 5. The average molecular weight is 257 g/mol. The minimum Gasteiger partial charge on any atom is -0.398 e. The van der Waals surface area contributed by atoms with E-state index in [1.165, 1.54) is 17.7 Å². The van der Waals surface area contributed by atoms with Gasteiger partial charge in [0, 0.05) is 30.9 Å². The van der Waals surface area contributed by atoms with E-state index >= 15 is 0 Å². The largest absolute Gasteiger partial charge is 0.398 e. The fourth-order valence-corrected chi connectivity index (χ4v) is 1.79. The van der Waals surface area contributed by atoms with Gasteiger partial charge in [-0.25, -0.2) is 0 Å². The van der Waals surface area contributed by atoms with Crippen LogP contribution in [0.5, 0.6) is 0 Å². The lowest BCUT2D eigenvalue weighted by atomic mass is 10.1. The first-order chi connectivity index (χ1) is 9.16. The minimum absolute atomic E-state index is 0.0179. The van der Waals surface area contributed by atoms with Crippen molar-refractivity contribution < 1.29 is 4.92 Å². The first kappa shape index (κ1) is 13.0. The first-order valence-corrected chi connectivity index (χ1v) is 5.94. The summed E-state index contributed by atoms with van der Waals surface area (Å²) in [5, 5.41) is 13.9. The predicted octanol–water partition coefficient (Wildman–Crippen LogP) is 2.47. The Balaban J connectivity index is 1.95. The normalized spacial score (nSPS) is 10.3. The highest BCUT2D eigenvalue weighted by Crippen LogP contribution is 2.19. The molecule has 0 spiro atoms. The highest BCUT2D eigenvalue weighted by atomic mass is 16.6. The maximum Gasteiger partial charge on any atom is 0.271 e. The highest BCUT2D eigenvalue weighted by Gasteiger charge is 2.08. The van der Waals surface area contributed by atoms with E-state index in [1.54, 1.807) is 6.07 Å². The lowest BCUT2D eigenvalue weighted by Crippen LogP contribution is -2.13. The molecule has 2 aromatic rings. The van der Waals surface area contributed by atoms with E-state index in [2.05, 4.69) is 5.32 Å². The molecule has 3 N–H and O–H groups in total. The molecule has 0 fully saturated rings. The standard InChI is InChI=1S/C14H15N3O2/c15-14-8-13(17(18)19)7-6-12(14)10-16-9-11-4-2-1-3-5-11/h1-8,16H,9-10,15H2. The molecule has 5 heteroatoms. The van der Waals surface area contributed by atoms with Gasteiger partial charge in [-0.2, -0.15) is 0 Å². The van der Waals surface area contributed by atoms with E-state index in [9.17, 15) is 10.1 Å². The van der Waals surface area contributed by atoms with Gasteiger partial charge >= 0.3 is 0 Å². The van der Waals surface area contributed by atoms with E-state index in [-0.39, 0.29) is 5.69 Å². The van der Waals surface area contributed by atoms with Crippen LogP contribution in [0.15, 0.2) is 48.5 Å². The van der Waals surface area contributed by atoms with Crippen molar-refractivity contribution in [2.45, 2.75) is 13.1 Å². The number of anilines is 1. The average Bonchev–Trinajstić information content (AvgIpc) is 2.41. The number of nitrogen functional groups attached to an aromatic ring is 1. The zero-order valence-corrected chi connectivity index (χ0v) is 10.4. The molecule has 0 radical (unpaired) electrons. The van der Waals surface area contributed by atoms with Gasteiger partial charge in [0.1, 0.15) is 0 Å². The van der Waals surface area contributed by atoms with Gasteiger partial charge in [0.15, 0.2) is 0 Å². The van der Waals surface area contributed by atoms with Crippen LogP contribution < -0.4 is 11.1 Å². The van der Waals surface area contributed by atoms with Crippen LogP contribution in [0.2, 0.25) is 0 Å². The number of nitro benzene ring substituents is 1. The zero-order valence-electron chi connectivity index (χ0n) is 10.4. The van der Waals surface area contributed by atoms with Gasteiger partial charge in [-0.15, -0.1) is 0 Å². The molecule has 0 atom stereocenters. The summed E-state index contributed by atoms with van der Waals surface area (Å²) in [6.45, 7) is 1.32. The number of nitro groups is 1. The van der Waals surface area contributed by atoms with E-state index < -0.39 is 4.92 Å². The van der Waals surface area contributed by atoms with Crippen molar-refractivity contribution in [2.24, 2.45) is 0 Å². The van der Waals surface area contributed by atoms with Crippen molar-refractivity contribution in [3.8, 4) is 0 Å². The third-order valence-corrected chi connectivity index (χ3v) is 2.83. The number of nitrogens with one attached hydrogen (secondary N) is 1. The molecule has 2 rings (SSSR count). The quantitative estimate of drug-likeness (QED) is 0.490. The molecule has 98 valence electrons. The van der Waals surface area contributed by atoms with Crippen molar-refractivity contribution >= 4 is 11.4 Å². The molecule has 0 bridgehead atoms. The van der Waals surface area contributed by atoms with E-state index in [1.807, 2.05) is 30.3 Å². The van der Waals surface area contributed by atoms with Crippen LogP contribution in [0, 0.1) is 10.1 Å². The maximum absolute atomic E-state index is 10.6. The number of hydrogen-bond donors (Lipinski definition) is 2. The number of hydrogen-bond acceptors (Lipinski definition) is 4. The SMILES string of the molecule is Nc1cc([N+](=O)[O-])ccc1CNCc1ccccc1. The van der Waals surface area contributed by atoms with Crippen molar-refractivity contribution in [1.82, 2.24) is 5.32 Å². The topological polar surface area (TPSA) is 81.2 Å². The van der Waals surface area contributed by atoms with Crippen molar-refractivity contribution in [3.63, 3.8) is 0 Å². The summed E-state index contributed by atoms with van der Waals surface area (Å²) in [6, 6.07) is 14.5. The Kier molecular flexibility index (Phi) is 4.10. The van der Waals surface area contributed by atoms with Crippen LogP contribution in [0.1, 0.15) is 11.1 Å². The van der Waals surface area contributed by atoms with Gasteiger partial charge in [0.2, 0.25) is 0 Å². The summed E-state index contributed by atoms with van der Waals surface area (Å²) in [5.74, 6) is 0. The van der Waals surface area contributed by atoms with Crippen LogP contribution >= 0.6 is 0 Å². The van der Waals surface area contributed by atoms with Crippen LogP contribution in [-0.4, -0.2) is 4.92 Å². The molecule has 0 saturated carbocycles. The number of non-ortho nitro benzene ring substituents is 1. The lowest BCUT2D eigenvalue weighted by molar-refractivity contribution is -0.384. The Morgan fingerprint density at radius 1 is 1.11 bits per heavy atom. The molecule has 0 aliphatic rings. The molecule has 0 aliphatic heterocycles. The fraction of sp³-hybridized carbons (Fsp3) is 0.143. The molecule has 0 heterocycles. The molecule has 0 aromatic heterocycles. The lowest BCUT2D eigenvalue weighted by Gasteiger charge is -2.07. The Labute approximate surface area is 111 Å². The molecule has 2 aromatic carbocycles. The highest BCUT2D eigenvalue weighted by molar-refractivity contribution is 5.53. The molecule has 5 nitrogen and oxygen atoms in total. The monoisotopic (exact) mass is 257 g/mol. The summed E-state index contributed by atoms with van der Waals surface area (Å²) in [6.07, 6.45) is 0. The molecule has 0 saturated heterocycles. The molecular formula is C14H15N3O2. The molecular weight excluding hydrogens is 242 g/mol. The van der Waals surface area contributed by atoms with Gasteiger partial charge in [-0.3, -0.25) is 10.1 Å². The summed E-state index contributed by atoms with van der Waals surface area (Å²) in [7, 11) is 0. The number of benzene rings is 2. The van der Waals surface area contributed by atoms with Crippen molar-refractivity contribution in [2.75, 3.05) is 5.73 Å². The third kappa shape index (κ3) is 3.53. The summed E-state index contributed by atoms with van der Waals surface area (Å²) >= 11 is 0. The first-order valence-electron chi connectivity index (χ1n) is 5.94. The molecule has 0 unspecified atom stereocenters. The van der Waals surface area contributed by atoms with Gasteiger partial charge in [-0.1, -0.05) is 30.3 Å². The molecule has 0 amide bonds. The summed E-state index contributed by atoms with van der Waals surface area (Å²) < 4.78 is 0. The summed E-state index contributed by atoms with van der Waals surface area (Å²) in [4.78, 5) is 10.2. The minimum atomic E-state index is -0.447. The predicted molar refractivity (Wildman–Crippen MR) is 74.5 cm³/mol. The Hall–Kier alpha value is -2.40. The maximum atomic E-state index is 10.6. The Bertz CT molecular complexity index is 570. The van der Waals surface area contributed by atoms with Crippen LogP contribution in [-0.2, 0) is 13.1 Å². The van der Waals surface area contributed by atoms with Gasteiger partial charge in [0.25, 0.3) is 5.69 Å². The van der Waals surface area contributed by atoms with Gasteiger partial charge in [0.05, 0.1) is 4.92 Å². The van der Waals surface area contributed by atoms with E-state index in [0.717, 1.165) is 12.1 Å². The van der Waals surface area contributed by atoms with Crippen molar-refractivity contribution in [3.05, 3.63) is 69.8 Å². The van der Waals surface area contributed by atoms with Crippen LogP contribution in [0.3, 0.4) is 0 Å². The van der Waals surface area contributed by atoms with Crippen molar-refractivity contribution in [1.29, 1.82) is 0 Å².